The molecule has 0 aliphatic carbocycles. The van der Waals surface area contributed by atoms with Gasteiger partial charge in [0.05, 0.1) is 0 Å². The third-order valence-corrected chi connectivity index (χ3v) is 14.5. The van der Waals surface area contributed by atoms with Crippen molar-refractivity contribution in [1.82, 2.24) is 0 Å². The fourth-order valence-corrected chi connectivity index (χ4v) is 10.4. The Bertz CT molecular complexity index is 126. The maximum absolute atomic E-state index is 3.50. The van der Waals surface area contributed by atoms with Crippen LogP contribution in [-0.4, -0.2) is 44.3 Å². The summed E-state index contributed by atoms with van der Waals surface area (Å²) >= 11 is 0.705. The number of rotatable bonds is 4. The summed E-state index contributed by atoms with van der Waals surface area (Å²) in [5.41, 5.74) is 0. The van der Waals surface area contributed by atoms with Crippen LogP contribution in [0.3, 0.4) is 0 Å². The first-order valence-electron chi connectivity index (χ1n) is 6.13. The molecule has 0 saturated heterocycles. The summed E-state index contributed by atoms with van der Waals surface area (Å²) in [5.74, 6) is 0. The van der Waals surface area contributed by atoms with E-state index in [9.17, 15) is 0 Å². The summed E-state index contributed by atoms with van der Waals surface area (Å²) in [6, 6.07) is 0. The molecule has 0 fully saturated rings. The summed E-state index contributed by atoms with van der Waals surface area (Å²) < 4.78 is 3.24. The monoisotopic (exact) mass is 313 g/mol. The minimum atomic E-state index is -0.693. The number of hydrogen-bond donors (Lipinski definition) is 0. The molecule has 0 unspecified atom stereocenters. The molecule has 0 aliphatic rings. The van der Waals surface area contributed by atoms with E-state index >= 15 is 0 Å². The van der Waals surface area contributed by atoms with E-state index in [2.05, 4.69) is 49.9 Å². The van der Waals surface area contributed by atoms with Crippen LogP contribution in [-0.2, 0) is 16.3 Å². The Balaban J connectivity index is -0.000000273. The van der Waals surface area contributed by atoms with E-state index in [1.807, 2.05) is 0 Å². The molecule has 0 atom stereocenters. The molecule has 0 amide bonds. The molecule has 0 aromatic carbocycles. The molecule has 0 spiro atoms. The van der Waals surface area contributed by atoms with Crippen molar-refractivity contribution >= 4 is 16.1 Å². The van der Waals surface area contributed by atoms with Gasteiger partial charge < -0.3 is 10.6 Å². The standard InChI is InChI=1S/2C4H11Si.2C2H6N.V/c2*1-5(2,3)4;2*1-3-2;/h2*1H2,2-4H3;2*1-2H3;/q;;2*-1;+2. The summed E-state index contributed by atoms with van der Waals surface area (Å²) in [5, 5.41) is 7.00. The predicted octanol–water partition coefficient (Wildman–Crippen LogP) is 4.90. The second kappa shape index (κ2) is 13.4. The van der Waals surface area contributed by atoms with Crippen LogP contribution in [0.4, 0.5) is 0 Å². The quantitative estimate of drug-likeness (QED) is 0.660. The van der Waals surface area contributed by atoms with Gasteiger partial charge in [-0.25, -0.2) is 0 Å². The van der Waals surface area contributed by atoms with E-state index in [4.69, 9.17) is 0 Å². The van der Waals surface area contributed by atoms with E-state index in [1.54, 1.807) is 37.7 Å². The van der Waals surface area contributed by atoms with Crippen molar-refractivity contribution in [2.24, 2.45) is 0 Å². The van der Waals surface area contributed by atoms with Crippen molar-refractivity contribution < 1.29 is 16.3 Å². The van der Waals surface area contributed by atoms with Crippen LogP contribution in [0.15, 0.2) is 0 Å². The zero-order valence-electron chi connectivity index (χ0n) is 13.8. The Hall–Kier alpha value is 0.938. The molecule has 0 bridgehead atoms. The van der Waals surface area contributed by atoms with Gasteiger partial charge in [-0.3, -0.25) is 0 Å². The molecule has 0 aromatic rings. The van der Waals surface area contributed by atoms with Crippen LogP contribution in [0.5, 0.6) is 0 Å². The molecular weight excluding hydrogens is 279 g/mol. The second-order valence-corrected chi connectivity index (χ2v) is 21.1. The summed E-state index contributed by atoms with van der Waals surface area (Å²) in [4.78, 5) is 0. The first-order valence-corrected chi connectivity index (χ1v) is 15.5. The molecule has 0 aliphatic heterocycles. The van der Waals surface area contributed by atoms with Crippen molar-refractivity contribution in [3.63, 3.8) is 0 Å². The van der Waals surface area contributed by atoms with Crippen LogP contribution in [0.25, 0.3) is 10.6 Å². The normalized spacial score (nSPS) is 10.5. The Labute approximate surface area is 120 Å². The summed E-state index contributed by atoms with van der Waals surface area (Å²) in [7, 11) is 5.61. The molecule has 0 rings (SSSR count). The predicted molar refractivity (Wildman–Crippen MR) is 86.7 cm³/mol. The topological polar surface area (TPSA) is 28.2 Å². The van der Waals surface area contributed by atoms with Crippen molar-refractivity contribution in [1.29, 1.82) is 0 Å². The fraction of sp³-hybridized carbons (Fsp3) is 1.00. The van der Waals surface area contributed by atoms with Crippen LogP contribution in [0.2, 0.25) is 48.8 Å². The Morgan fingerprint density at radius 2 is 0.824 bits per heavy atom. The fourth-order valence-electron chi connectivity index (χ4n) is 0.727. The van der Waals surface area contributed by atoms with Gasteiger partial charge in [0.15, 0.2) is 0 Å². The average Bonchev–Trinajstić information content (AvgIpc) is 2.01. The molecule has 0 saturated carbocycles. The summed E-state index contributed by atoms with van der Waals surface area (Å²) in [6.45, 7) is 15.0. The SMILES string of the molecule is C[N-]C.C[N-]C.C[Si](C)(C)[CH2][V+2][CH2][Si](C)(C)C. The molecule has 105 valence electrons. The first kappa shape index (κ1) is 23.1. The van der Waals surface area contributed by atoms with E-state index in [-0.39, 0.29) is 0 Å². The van der Waals surface area contributed by atoms with Gasteiger partial charge in [-0.15, -0.1) is 0 Å². The number of nitrogens with zero attached hydrogens (tertiary/aromatic N) is 2. The van der Waals surface area contributed by atoms with Crippen molar-refractivity contribution in [2.45, 2.75) is 48.8 Å². The molecule has 0 radical (unpaired) electrons. The average molecular weight is 314 g/mol. The molecule has 17 heavy (non-hydrogen) atoms. The third-order valence-electron chi connectivity index (χ3n) is 1.17. The van der Waals surface area contributed by atoms with E-state index in [0.717, 1.165) is 0 Å². The molecular formula is C12H34N2Si2V. The van der Waals surface area contributed by atoms with Crippen molar-refractivity contribution in [3.8, 4) is 0 Å². The van der Waals surface area contributed by atoms with Crippen LogP contribution in [0, 0.1) is 0 Å². The van der Waals surface area contributed by atoms with E-state index in [0.29, 0.717) is 16.3 Å². The molecule has 2 nitrogen and oxygen atoms in total. The Morgan fingerprint density at radius 3 is 0.941 bits per heavy atom. The maximum atomic E-state index is 3.50. The Kier molecular flexibility index (Phi) is 18.1. The second-order valence-electron chi connectivity index (χ2n) is 6.56. The van der Waals surface area contributed by atoms with Crippen LogP contribution in [0.1, 0.15) is 0 Å². The van der Waals surface area contributed by atoms with Gasteiger partial charge >= 0.3 is 81.2 Å². The molecule has 5 heteroatoms. The van der Waals surface area contributed by atoms with Gasteiger partial charge in [0.1, 0.15) is 0 Å². The van der Waals surface area contributed by atoms with Gasteiger partial charge in [0.25, 0.3) is 0 Å². The van der Waals surface area contributed by atoms with Crippen molar-refractivity contribution in [3.05, 3.63) is 10.6 Å². The van der Waals surface area contributed by atoms with Gasteiger partial charge in [0.2, 0.25) is 0 Å². The van der Waals surface area contributed by atoms with E-state index in [1.165, 1.54) is 0 Å². The van der Waals surface area contributed by atoms with Gasteiger partial charge in [-0.05, 0) is 0 Å². The zero-order valence-corrected chi connectivity index (χ0v) is 17.2. The number of hydrogen-bond acceptors (Lipinski definition) is 0. The van der Waals surface area contributed by atoms with Crippen LogP contribution < -0.4 is 0 Å². The van der Waals surface area contributed by atoms with Gasteiger partial charge in [0, 0.05) is 0 Å². The van der Waals surface area contributed by atoms with Crippen LogP contribution >= 0.6 is 0 Å². The first-order chi connectivity index (χ1) is 7.54. The minimum absolute atomic E-state index is 0.693. The van der Waals surface area contributed by atoms with Gasteiger partial charge in [-0.1, -0.05) is 0 Å². The van der Waals surface area contributed by atoms with Crippen molar-refractivity contribution in [2.75, 3.05) is 28.2 Å². The van der Waals surface area contributed by atoms with Gasteiger partial charge in [-0.2, -0.15) is 28.2 Å². The molecule has 0 N–H and O–H groups in total. The Morgan fingerprint density at radius 1 is 0.647 bits per heavy atom. The molecule has 0 heterocycles. The summed E-state index contributed by atoms with van der Waals surface area (Å²) in [6.07, 6.45) is 0. The molecule has 0 aromatic heterocycles. The third kappa shape index (κ3) is 47.3. The van der Waals surface area contributed by atoms with E-state index < -0.39 is 16.1 Å². The zero-order chi connectivity index (χ0) is 14.5.